The van der Waals surface area contributed by atoms with E-state index in [-0.39, 0.29) is 0 Å². The average molecular weight is 299 g/mol. The van der Waals surface area contributed by atoms with Gasteiger partial charge in [-0.25, -0.2) is 8.42 Å². The van der Waals surface area contributed by atoms with Gasteiger partial charge in [0.2, 0.25) is 10.0 Å². The van der Waals surface area contributed by atoms with Crippen LogP contribution in [-0.2, 0) is 16.6 Å². The van der Waals surface area contributed by atoms with Crippen molar-refractivity contribution in [2.75, 3.05) is 45.3 Å². The van der Waals surface area contributed by atoms with Crippen molar-refractivity contribution in [2.24, 2.45) is 0 Å². The number of sulfonamides is 1. The summed E-state index contributed by atoms with van der Waals surface area (Å²) in [5.74, 6) is 0.810. The van der Waals surface area contributed by atoms with Gasteiger partial charge in [-0.2, -0.15) is 4.31 Å². The molecule has 0 spiro atoms. The summed E-state index contributed by atoms with van der Waals surface area (Å²) in [4.78, 5) is 2.21. The predicted octanol–water partition coefficient (Wildman–Crippen LogP) is 0.355. The van der Waals surface area contributed by atoms with Gasteiger partial charge in [0.25, 0.3) is 0 Å². The smallest absolute Gasteiger partial charge is 0.211 e. The molecular formula is C13H21N3O3S. The number of nitrogens with zero attached hydrogens (tertiary/aromatic N) is 2. The fourth-order valence-corrected chi connectivity index (χ4v) is 3.21. The van der Waals surface area contributed by atoms with Gasteiger partial charge < -0.3 is 10.5 Å². The third-order valence-corrected chi connectivity index (χ3v) is 4.80. The van der Waals surface area contributed by atoms with E-state index in [1.165, 1.54) is 10.6 Å². The monoisotopic (exact) mass is 299 g/mol. The first-order valence-electron chi connectivity index (χ1n) is 6.50. The molecule has 0 bridgehead atoms. The zero-order valence-corrected chi connectivity index (χ0v) is 12.7. The van der Waals surface area contributed by atoms with Crippen LogP contribution in [0.3, 0.4) is 0 Å². The van der Waals surface area contributed by atoms with Crippen LogP contribution >= 0.6 is 0 Å². The predicted molar refractivity (Wildman–Crippen MR) is 79.1 cm³/mol. The van der Waals surface area contributed by atoms with E-state index < -0.39 is 10.0 Å². The van der Waals surface area contributed by atoms with E-state index >= 15 is 0 Å². The van der Waals surface area contributed by atoms with Gasteiger partial charge >= 0.3 is 0 Å². The molecule has 0 aromatic heterocycles. The third kappa shape index (κ3) is 3.62. The van der Waals surface area contributed by atoms with Crippen molar-refractivity contribution in [1.29, 1.82) is 0 Å². The highest BCUT2D eigenvalue weighted by Gasteiger charge is 2.23. The molecule has 1 aliphatic heterocycles. The summed E-state index contributed by atoms with van der Waals surface area (Å²) < 4.78 is 29.8. The molecule has 0 aliphatic carbocycles. The standard InChI is InChI=1S/C13H21N3O3S/c1-19-13-4-3-12(14)9-11(13)10-15-5-7-16(8-6-15)20(2,17)18/h3-4,9H,5-8,10,14H2,1-2H3. The summed E-state index contributed by atoms with van der Waals surface area (Å²) in [6.07, 6.45) is 1.25. The van der Waals surface area contributed by atoms with Gasteiger partial charge in [-0.1, -0.05) is 0 Å². The highest BCUT2D eigenvalue weighted by Crippen LogP contribution is 2.23. The molecule has 7 heteroatoms. The van der Waals surface area contributed by atoms with Crippen molar-refractivity contribution in [3.05, 3.63) is 23.8 Å². The molecule has 0 atom stereocenters. The Morgan fingerprint density at radius 3 is 2.45 bits per heavy atom. The minimum atomic E-state index is -3.08. The van der Waals surface area contributed by atoms with Crippen molar-refractivity contribution < 1.29 is 13.2 Å². The lowest BCUT2D eigenvalue weighted by atomic mass is 10.1. The number of hydrogen-bond acceptors (Lipinski definition) is 5. The lowest BCUT2D eigenvalue weighted by molar-refractivity contribution is 0.180. The average Bonchev–Trinajstić information content (AvgIpc) is 2.38. The summed E-state index contributed by atoms with van der Waals surface area (Å²) in [7, 11) is -1.44. The van der Waals surface area contributed by atoms with Crippen LogP contribution in [0.4, 0.5) is 5.69 Å². The van der Waals surface area contributed by atoms with Crippen molar-refractivity contribution in [1.82, 2.24) is 9.21 Å². The minimum Gasteiger partial charge on any atom is -0.496 e. The van der Waals surface area contributed by atoms with Crippen molar-refractivity contribution >= 4 is 15.7 Å². The maximum absolute atomic E-state index is 11.5. The van der Waals surface area contributed by atoms with Crippen LogP contribution in [0.15, 0.2) is 18.2 Å². The van der Waals surface area contributed by atoms with Crippen molar-refractivity contribution in [2.45, 2.75) is 6.54 Å². The van der Waals surface area contributed by atoms with E-state index in [2.05, 4.69) is 4.90 Å². The maximum Gasteiger partial charge on any atom is 0.211 e. The van der Waals surface area contributed by atoms with E-state index in [9.17, 15) is 8.42 Å². The van der Waals surface area contributed by atoms with Gasteiger partial charge in [-0.05, 0) is 18.2 Å². The Kier molecular flexibility index (Phi) is 4.52. The van der Waals surface area contributed by atoms with Crippen LogP contribution in [0.5, 0.6) is 5.75 Å². The van der Waals surface area contributed by atoms with E-state index in [0.29, 0.717) is 38.4 Å². The highest BCUT2D eigenvalue weighted by atomic mass is 32.2. The molecule has 1 aliphatic rings. The largest absolute Gasteiger partial charge is 0.496 e. The van der Waals surface area contributed by atoms with Gasteiger partial charge in [-0.3, -0.25) is 4.90 Å². The zero-order chi connectivity index (χ0) is 14.8. The number of anilines is 1. The highest BCUT2D eigenvalue weighted by molar-refractivity contribution is 7.88. The molecule has 1 fully saturated rings. The fourth-order valence-electron chi connectivity index (χ4n) is 2.38. The molecule has 1 aromatic rings. The SMILES string of the molecule is COc1ccc(N)cc1CN1CCN(S(C)(=O)=O)CC1. The molecule has 1 heterocycles. The normalized spacial score (nSPS) is 18.1. The number of methoxy groups -OCH3 is 1. The van der Waals surface area contributed by atoms with Gasteiger partial charge in [0.1, 0.15) is 5.75 Å². The molecule has 2 rings (SSSR count). The molecule has 1 aromatic carbocycles. The molecule has 1 saturated heterocycles. The second kappa shape index (κ2) is 5.99. The van der Waals surface area contributed by atoms with Crippen LogP contribution in [0.1, 0.15) is 5.56 Å². The lowest BCUT2D eigenvalue weighted by Gasteiger charge is -2.33. The number of piperazine rings is 1. The molecule has 6 nitrogen and oxygen atoms in total. The first-order valence-corrected chi connectivity index (χ1v) is 8.35. The maximum atomic E-state index is 11.5. The Morgan fingerprint density at radius 1 is 1.25 bits per heavy atom. The molecule has 0 saturated carbocycles. The number of hydrogen-bond donors (Lipinski definition) is 1. The molecule has 0 radical (unpaired) electrons. The molecule has 2 N–H and O–H groups in total. The zero-order valence-electron chi connectivity index (χ0n) is 11.9. The topological polar surface area (TPSA) is 75.9 Å². The number of nitrogens with two attached hydrogens (primary N) is 1. The quantitative estimate of drug-likeness (QED) is 0.812. The minimum absolute atomic E-state index is 0.531. The number of nitrogen functional groups attached to an aromatic ring is 1. The van der Waals surface area contributed by atoms with E-state index in [1.54, 1.807) is 7.11 Å². The molecular weight excluding hydrogens is 278 g/mol. The fraction of sp³-hybridized carbons (Fsp3) is 0.538. The molecule has 112 valence electrons. The Hall–Kier alpha value is -1.31. The van der Waals surface area contributed by atoms with E-state index in [4.69, 9.17) is 10.5 Å². The summed E-state index contributed by atoms with van der Waals surface area (Å²) in [6, 6.07) is 5.57. The second-order valence-electron chi connectivity index (χ2n) is 5.01. The lowest BCUT2D eigenvalue weighted by Crippen LogP contribution is -2.47. The summed E-state index contributed by atoms with van der Waals surface area (Å²) in [5.41, 5.74) is 7.54. The van der Waals surface area contributed by atoms with E-state index in [1.807, 2.05) is 18.2 Å². The summed E-state index contributed by atoms with van der Waals surface area (Å²) >= 11 is 0. The van der Waals surface area contributed by atoms with Crippen LogP contribution in [0.25, 0.3) is 0 Å². The first kappa shape index (κ1) is 15.1. The Labute approximate surface area is 120 Å². The Balaban J connectivity index is 2.01. The van der Waals surface area contributed by atoms with Gasteiger partial charge in [0.15, 0.2) is 0 Å². The number of rotatable bonds is 4. The van der Waals surface area contributed by atoms with Crippen molar-refractivity contribution in [3.63, 3.8) is 0 Å². The van der Waals surface area contributed by atoms with Crippen LogP contribution < -0.4 is 10.5 Å². The number of ether oxygens (including phenoxy) is 1. The molecule has 20 heavy (non-hydrogen) atoms. The number of benzene rings is 1. The summed E-state index contributed by atoms with van der Waals surface area (Å²) in [6.45, 7) is 3.20. The van der Waals surface area contributed by atoms with Crippen LogP contribution in [0, 0.1) is 0 Å². The van der Waals surface area contributed by atoms with Gasteiger partial charge in [0.05, 0.1) is 13.4 Å². The summed E-state index contributed by atoms with van der Waals surface area (Å²) in [5, 5.41) is 0. The first-order chi connectivity index (χ1) is 9.40. The second-order valence-corrected chi connectivity index (χ2v) is 6.99. The molecule has 0 unspecified atom stereocenters. The Morgan fingerprint density at radius 2 is 1.90 bits per heavy atom. The van der Waals surface area contributed by atoms with Crippen LogP contribution in [-0.4, -0.2) is 57.2 Å². The van der Waals surface area contributed by atoms with Gasteiger partial charge in [0, 0.05) is 44.0 Å². The Bertz CT molecular complexity index is 566. The van der Waals surface area contributed by atoms with Crippen molar-refractivity contribution in [3.8, 4) is 5.75 Å². The van der Waals surface area contributed by atoms with Gasteiger partial charge in [-0.15, -0.1) is 0 Å². The third-order valence-electron chi connectivity index (χ3n) is 3.50. The van der Waals surface area contributed by atoms with E-state index in [0.717, 1.165) is 11.3 Å². The van der Waals surface area contributed by atoms with Crippen LogP contribution in [0.2, 0.25) is 0 Å². The molecule has 0 amide bonds.